The van der Waals surface area contributed by atoms with Crippen LogP contribution in [-0.2, 0) is 4.79 Å². The molecule has 0 radical (unpaired) electrons. The lowest BCUT2D eigenvalue weighted by molar-refractivity contribution is -0.118. The van der Waals surface area contributed by atoms with Crippen LogP contribution in [0.3, 0.4) is 0 Å². The predicted molar refractivity (Wildman–Crippen MR) is 143 cm³/mol. The number of nitrogens with two attached hydrogens (primary N) is 2. The van der Waals surface area contributed by atoms with E-state index >= 15 is 0 Å². The summed E-state index contributed by atoms with van der Waals surface area (Å²) in [6.45, 7) is 4.43. The third-order valence-electron chi connectivity index (χ3n) is 5.91. The highest BCUT2D eigenvalue weighted by Crippen LogP contribution is 2.35. The largest absolute Gasteiger partial charge is 0.370 e. The van der Waals surface area contributed by atoms with Crippen LogP contribution in [0.15, 0.2) is 47.5 Å². The van der Waals surface area contributed by atoms with Crippen molar-refractivity contribution in [3.05, 3.63) is 63.6 Å². The van der Waals surface area contributed by atoms with Crippen molar-refractivity contribution in [2.24, 2.45) is 16.5 Å². The van der Waals surface area contributed by atoms with E-state index in [-0.39, 0.29) is 12.3 Å². The maximum atomic E-state index is 11.8. The van der Waals surface area contributed by atoms with E-state index < -0.39 is 11.4 Å². The molecule has 0 aromatic heterocycles. The van der Waals surface area contributed by atoms with Crippen LogP contribution >= 0.6 is 23.2 Å². The Kier molecular flexibility index (Phi) is 9.23. The molecular weight excluding hydrogens is 469 g/mol. The Morgan fingerprint density at radius 3 is 2.38 bits per heavy atom. The molecule has 6 nitrogen and oxygen atoms in total. The van der Waals surface area contributed by atoms with Crippen LogP contribution in [0.1, 0.15) is 69.4 Å². The lowest BCUT2D eigenvalue weighted by Gasteiger charge is -2.26. The first-order valence-electron chi connectivity index (χ1n) is 11.8. The van der Waals surface area contributed by atoms with E-state index in [1.807, 2.05) is 44.2 Å². The molecule has 1 fully saturated rings. The molecule has 0 heterocycles. The van der Waals surface area contributed by atoms with Gasteiger partial charge in [-0.1, -0.05) is 60.7 Å². The second-order valence-electron chi connectivity index (χ2n) is 9.77. The topological polar surface area (TPSA) is 106 Å². The minimum Gasteiger partial charge on any atom is -0.370 e. The maximum Gasteiger partial charge on any atom is 0.218 e. The number of guanidine groups is 1. The maximum absolute atomic E-state index is 11.8. The fourth-order valence-electron chi connectivity index (χ4n) is 4.17. The number of nitrogens with zero attached hydrogens (tertiary/aromatic N) is 1. The molecule has 2 aromatic rings. The predicted octanol–water partition coefficient (Wildman–Crippen LogP) is 5.43. The SMILES string of the molecule is CC(C)(N)CN=C(Nc1ccc(C(CC(N)=O)c2ccc(Cl)cc2Cl)cc1)NC1CCCCC1. The van der Waals surface area contributed by atoms with Crippen molar-refractivity contribution < 1.29 is 4.79 Å². The highest BCUT2D eigenvalue weighted by Gasteiger charge is 2.21. The zero-order valence-corrected chi connectivity index (χ0v) is 21.4. The number of carbonyl (C=O) groups is 1. The number of hydrogen-bond donors (Lipinski definition) is 4. The first-order chi connectivity index (χ1) is 16.1. The summed E-state index contributed by atoms with van der Waals surface area (Å²) in [6, 6.07) is 13.6. The van der Waals surface area contributed by atoms with Crippen molar-refractivity contribution in [1.82, 2.24) is 5.32 Å². The van der Waals surface area contributed by atoms with Crippen LogP contribution in [0.25, 0.3) is 0 Å². The van der Waals surface area contributed by atoms with Gasteiger partial charge >= 0.3 is 0 Å². The molecule has 6 N–H and O–H groups in total. The minimum absolute atomic E-state index is 0.148. The summed E-state index contributed by atoms with van der Waals surface area (Å²) in [4.78, 5) is 16.5. The summed E-state index contributed by atoms with van der Waals surface area (Å²) >= 11 is 12.5. The average Bonchev–Trinajstić information content (AvgIpc) is 2.77. The number of primary amides is 1. The summed E-state index contributed by atoms with van der Waals surface area (Å²) in [6.07, 6.45) is 6.19. The second-order valence-corrected chi connectivity index (χ2v) is 10.6. The normalized spacial score (nSPS) is 16.2. The number of amides is 1. The molecule has 184 valence electrons. The Hall–Kier alpha value is -2.28. The van der Waals surface area contributed by atoms with E-state index in [1.165, 1.54) is 19.3 Å². The Morgan fingerprint density at radius 2 is 1.79 bits per heavy atom. The molecule has 0 bridgehead atoms. The molecule has 1 aliphatic rings. The van der Waals surface area contributed by atoms with Gasteiger partial charge in [0.05, 0.1) is 6.54 Å². The van der Waals surface area contributed by atoms with E-state index in [2.05, 4.69) is 10.6 Å². The third kappa shape index (κ3) is 8.19. The van der Waals surface area contributed by atoms with Crippen LogP contribution in [-0.4, -0.2) is 30.0 Å². The number of hydrogen-bond acceptors (Lipinski definition) is 3. The van der Waals surface area contributed by atoms with E-state index in [0.29, 0.717) is 22.6 Å². The number of benzene rings is 2. The molecule has 1 amide bonds. The van der Waals surface area contributed by atoms with Gasteiger partial charge in [-0.15, -0.1) is 0 Å². The number of carbonyl (C=O) groups excluding carboxylic acids is 1. The molecule has 34 heavy (non-hydrogen) atoms. The number of rotatable bonds is 8. The number of halogens is 2. The molecule has 1 saturated carbocycles. The molecule has 1 unspecified atom stereocenters. The van der Waals surface area contributed by atoms with E-state index in [4.69, 9.17) is 39.7 Å². The van der Waals surface area contributed by atoms with Crippen LogP contribution < -0.4 is 22.1 Å². The molecule has 1 aliphatic carbocycles. The summed E-state index contributed by atoms with van der Waals surface area (Å²) in [7, 11) is 0. The van der Waals surface area contributed by atoms with Gasteiger partial charge in [0.1, 0.15) is 0 Å². The number of aliphatic imine (C=N–C) groups is 1. The monoisotopic (exact) mass is 503 g/mol. The first kappa shape index (κ1) is 26.3. The molecule has 1 atom stereocenters. The van der Waals surface area contributed by atoms with Crippen molar-refractivity contribution >= 4 is 40.8 Å². The summed E-state index contributed by atoms with van der Waals surface area (Å²) in [5, 5.41) is 8.04. The summed E-state index contributed by atoms with van der Waals surface area (Å²) in [5.41, 5.74) is 14.0. The number of nitrogens with one attached hydrogen (secondary N) is 2. The second kappa shape index (κ2) is 11.9. The van der Waals surface area contributed by atoms with Gasteiger partial charge in [0.15, 0.2) is 5.96 Å². The van der Waals surface area contributed by atoms with Crippen LogP contribution in [0.5, 0.6) is 0 Å². The van der Waals surface area contributed by atoms with Gasteiger partial charge in [0.2, 0.25) is 5.91 Å². The van der Waals surface area contributed by atoms with Crippen molar-refractivity contribution in [3.63, 3.8) is 0 Å². The van der Waals surface area contributed by atoms with Crippen LogP contribution in [0.4, 0.5) is 5.69 Å². The van der Waals surface area contributed by atoms with Crippen LogP contribution in [0, 0.1) is 0 Å². The van der Waals surface area contributed by atoms with E-state index in [0.717, 1.165) is 35.6 Å². The zero-order chi connectivity index (χ0) is 24.7. The smallest absolute Gasteiger partial charge is 0.218 e. The van der Waals surface area contributed by atoms with Gasteiger partial charge in [-0.25, -0.2) is 0 Å². The minimum atomic E-state index is -0.398. The van der Waals surface area contributed by atoms with Gasteiger partial charge in [-0.2, -0.15) is 0 Å². The molecule has 0 aliphatic heterocycles. The Morgan fingerprint density at radius 1 is 1.12 bits per heavy atom. The standard InChI is InChI=1S/C26H35Cl2N5O/c1-26(2,30)16-31-25(32-19-6-4-3-5-7-19)33-20-11-8-17(9-12-20)22(15-24(29)34)21-13-10-18(27)14-23(21)28/h8-14,19,22H,3-7,15-16,30H2,1-2H3,(H2,29,34)(H2,31,32,33). The molecular formula is C26H35Cl2N5O. The quantitative estimate of drug-likeness (QED) is 0.284. The Balaban J connectivity index is 1.80. The summed E-state index contributed by atoms with van der Waals surface area (Å²) < 4.78 is 0. The van der Waals surface area contributed by atoms with Gasteiger partial charge < -0.3 is 22.1 Å². The fraction of sp³-hybridized carbons (Fsp3) is 0.462. The first-order valence-corrected chi connectivity index (χ1v) is 12.6. The van der Waals surface area contributed by atoms with Gasteiger partial charge in [0.25, 0.3) is 0 Å². The molecule has 2 aromatic carbocycles. The third-order valence-corrected chi connectivity index (χ3v) is 6.47. The lowest BCUT2D eigenvalue weighted by atomic mass is 9.88. The fourth-order valence-corrected chi connectivity index (χ4v) is 4.71. The zero-order valence-electron chi connectivity index (χ0n) is 19.9. The highest BCUT2D eigenvalue weighted by atomic mass is 35.5. The van der Waals surface area contributed by atoms with E-state index in [1.54, 1.807) is 12.1 Å². The van der Waals surface area contributed by atoms with Crippen molar-refractivity contribution in [2.75, 3.05) is 11.9 Å². The van der Waals surface area contributed by atoms with Crippen LogP contribution in [0.2, 0.25) is 10.0 Å². The Labute approximate surface area is 212 Å². The van der Waals surface area contributed by atoms with Crippen molar-refractivity contribution in [2.45, 2.75) is 69.9 Å². The highest BCUT2D eigenvalue weighted by molar-refractivity contribution is 6.35. The molecule has 3 rings (SSSR count). The van der Waals surface area contributed by atoms with E-state index in [9.17, 15) is 4.79 Å². The summed E-state index contributed by atoms with van der Waals surface area (Å²) in [5.74, 6) is 0.0733. The lowest BCUT2D eigenvalue weighted by Crippen LogP contribution is -2.42. The molecule has 0 spiro atoms. The van der Waals surface area contributed by atoms with Crippen molar-refractivity contribution in [3.8, 4) is 0 Å². The van der Waals surface area contributed by atoms with Gasteiger partial charge in [-0.3, -0.25) is 9.79 Å². The van der Waals surface area contributed by atoms with Crippen molar-refractivity contribution in [1.29, 1.82) is 0 Å². The van der Waals surface area contributed by atoms with Gasteiger partial charge in [-0.05, 0) is 62.1 Å². The number of anilines is 1. The van der Waals surface area contributed by atoms with Gasteiger partial charge in [0, 0.05) is 39.7 Å². The molecule has 8 heteroatoms. The molecule has 0 saturated heterocycles. The average molecular weight is 505 g/mol. The Bertz CT molecular complexity index is 995.